The van der Waals surface area contributed by atoms with E-state index in [1.165, 1.54) is 17.4 Å². The molecule has 0 unspecified atom stereocenters. The van der Waals surface area contributed by atoms with Gasteiger partial charge < -0.3 is 10.1 Å². The van der Waals surface area contributed by atoms with Crippen LogP contribution in [0.5, 0.6) is 0 Å². The summed E-state index contributed by atoms with van der Waals surface area (Å²) in [4.78, 5) is 37.7. The molecule has 0 radical (unpaired) electrons. The normalized spacial score (nSPS) is 10.3. The topological polar surface area (TPSA) is 72.5 Å². The van der Waals surface area contributed by atoms with E-state index in [9.17, 15) is 14.4 Å². The fourth-order valence-corrected chi connectivity index (χ4v) is 3.35. The van der Waals surface area contributed by atoms with Crippen LogP contribution < -0.4 is 5.32 Å². The molecule has 0 saturated carbocycles. The second-order valence-electron chi connectivity index (χ2n) is 6.03. The van der Waals surface area contributed by atoms with Gasteiger partial charge in [-0.05, 0) is 41.6 Å². The second kappa shape index (κ2) is 9.10. The van der Waals surface area contributed by atoms with Gasteiger partial charge in [0.25, 0.3) is 5.91 Å². The first kappa shape index (κ1) is 19.5. The van der Waals surface area contributed by atoms with Crippen molar-refractivity contribution in [3.05, 3.63) is 87.6 Å². The molecule has 0 fully saturated rings. The van der Waals surface area contributed by atoms with Crippen molar-refractivity contribution in [3.8, 4) is 0 Å². The summed E-state index contributed by atoms with van der Waals surface area (Å²) in [7, 11) is 0. The number of hydrogen-bond donors (Lipinski definition) is 1. The maximum absolute atomic E-state index is 12.6. The number of benzene rings is 2. The first-order valence-corrected chi connectivity index (χ1v) is 9.69. The van der Waals surface area contributed by atoms with Crippen LogP contribution >= 0.6 is 11.3 Å². The Kier molecular flexibility index (Phi) is 6.34. The van der Waals surface area contributed by atoms with Crippen LogP contribution in [0.3, 0.4) is 0 Å². The van der Waals surface area contributed by atoms with E-state index in [4.69, 9.17) is 4.74 Å². The molecular weight excluding hydrogens is 374 g/mol. The van der Waals surface area contributed by atoms with E-state index in [0.717, 1.165) is 12.0 Å². The lowest BCUT2D eigenvalue weighted by Crippen LogP contribution is -2.22. The zero-order valence-electron chi connectivity index (χ0n) is 15.3. The van der Waals surface area contributed by atoms with Crippen LogP contribution in [0.15, 0.2) is 66.0 Å². The summed E-state index contributed by atoms with van der Waals surface area (Å²) in [6.07, 6.45) is 0.855. The Morgan fingerprint density at radius 3 is 2.46 bits per heavy atom. The third kappa shape index (κ3) is 4.72. The smallest absolute Gasteiger partial charge is 0.339 e. The van der Waals surface area contributed by atoms with Gasteiger partial charge in [0, 0.05) is 11.3 Å². The number of ether oxygens (including phenoxy) is 1. The average Bonchev–Trinajstić information content (AvgIpc) is 3.26. The van der Waals surface area contributed by atoms with E-state index in [0.29, 0.717) is 10.6 Å². The number of ketones is 1. The summed E-state index contributed by atoms with van der Waals surface area (Å²) in [5.41, 5.74) is 2.14. The Morgan fingerprint density at radius 1 is 0.964 bits per heavy atom. The van der Waals surface area contributed by atoms with Crippen molar-refractivity contribution >= 4 is 34.7 Å². The molecule has 0 bridgehead atoms. The highest BCUT2D eigenvalue weighted by molar-refractivity contribution is 7.12. The average molecular weight is 393 g/mol. The van der Waals surface area contributed by atoms with Crippen LogP contribution in [0.2, 0.25) is 0 Å². The van der Waals surface area contributed by atoms with Crippen LogP contribution in [0.4, 0.5) is 5.69 Å². The highest BCUT2D eigenvalue weighted by Crippen LogP contribution is 2.19. The summed E-state index contributed by atoms with van der Waals surface area (Å²) in [6, 6.07) is 17.4. The van der Waals surface area contributed by atoms with E-state index >= 15 is 0 Å². The van der Waals surface area contributed by atoms with E-state index < -0.39 is 18.5 Å². The van der Waals surface area contributed by atoms with Crippen molar-refractivity contribution < 1.29 is 19.1 Å². The van der Waals surface area contributed by atoms with Gasteiger partial charge in [-0.15, -0.1) is 11.3 Å². The predicted octanol–water partition coefficient (Wildman–Crippen LogP) is 4.34. The molecule has 0 aliphatic heterocycles. The number of nitrogens with one attached hydrogen (secondary N) is 1. The second-order valence-corrected chi connectivity index (χ2v) is 6.98. The molecule has 3 rings (SSSR count). The summed E-state index contributed by atoms with van der Waals surface area (Å²) in [5.74, 6) is -1.40. The summed E-state index contributed by atoms with van der Waals surface area (Å²) in [5, 5.41) is 4.50. The van der Waals surface area contributed by atoms with Gasteiger partial charge in [-0.1, -0.05) is 43.3 Å². The summed E-state index contributed by atoms with van der Waals surface area (Å²) >= 11 is 1.30. The van der Waals surface area contributed by atoms with Gasteiger partial charge in [0.1, 0.15) is 0 Å². The van der Waals surface area contributed by atoms with Crippen molar-refractivity contribution in [2.75, 3.05) is 11.9 Å². The third-order valence-electron chi connectivity index (χ3n) is 4.09. The molecule has 0 saturated heterocycles. The number of thiophene rings is 1. The molecule has 0 atom stereocenters. The number of esters is 1. The molecule has 2 aromatic carbocycles. The monoisotopic (exact) mass is 393 g/mol. The number of amides is 1. The largest absolute Gasteiger partial charge is 0.452 e. The van der Waals surface area contributed by atoms with Crippen LogP contribution in [0.25, 0.3) is 0 Å². The molecule has 5 nitrogen and oxygen atoms in total. The zero-order chi connectivity index (χ0) is 19.9. The zero-order valence-corrected chi connectivity index (χ0v) is 16.1. The lowest BCUT2D eigenvalue weighted by atomic mass is 10.0. The Hall–Kier alpha value is -3.25. The van der Waals surface area contributed by atoms with Crippen LogP contribution in [-0.2, 0) is 16.0 Å². The minimum Gasteiger partial charge on any atom is -0.452 e. The van der Waals surface area contributed by atoms with E-state index in [-0.39, 0.29) is 16.9 Å². The van der Waals surface area contributed by atoms with Gasteiger partial charge in [-0.25, -0.2) is 4.79 Å². The number of carbonyl (C=O) groups excluding carboxylic acids is 3. The molecule has 1 N–H and O–H groups in total. The minimum absolute atomic E-state index is 0.140. The Bertz CT molecular complexity index is 995. The molecule has 0 spiro atoms. The molecule has 6 heteroatoms. The molecule has 1 heterocycles. The van der Waals surface area contributed by atoms with E-state index in [1.807, 2.05) is 25.1 Å². The van der Waals surface area contributed by atoms with Gasteiger partial charge in [0.15, 0.2) is 6.61 Å². The quantitative estimate of drug-likeness (QED) is 0.479. The predicted molar refractivity (Wildman–Crippen MR) is 109 cm³/mol. The van der Waals surface area contributed by atoms with Gasteiger partial charge >= 0.3 is 5.97 Å². The molecule has 0 aliphatic rings. The Labute approximate surface area is 167 Å². The van der Waals surface area contributed by atoms with Crippen molar-refractivity contribution in [2.45, 2.75) is 13.3 Å². The van der Waals surface area contributed by atoms with Crippen LogP contribution in [0, 0.1) is 0 Å². The lowest BCUT2D eigenvalue weighted by molar-refractivity contribution is -0.119. The van der Waals surface area contributed by atoms with Gasteiger partial charge in [0.2, 0.25) is 5.78 Å². The highest BCUT2D eigenvalue weighted by Gasteiger charge is 2.20. The maximum Gasteiger partial charge on any atom is 0.339 e. The fraction of sp³-hybridized carbons (Fsp3) is 0.136. The number of carbonyl (C=O) groups is 3. The molecule has 0 aliphatic carbocycles. The van der Waals surface area contributed by atoms with Gasteiger partial charge in [0.05, 0.1) is 10.4 Å². The van der Waals surface area contributed by atoms with E-state index in [2.05, 4.69) is 5.32 Å². The van der Waals surface area contributed by atoms with Crippen molar-refractivity contribution in [2.24, 2.45) is 0 Å². The maximum atomic E-state index is 12.6. The number of anilines is 1. The molecule has 28 heavy (non-hydrogen) atoms. The molecule has 1 amide bonds. The highest BCUT2D eigenvalue weighted by atomic mass is 32.1. The van der Waals surface area contributed by atoms with Crippen molar-refractivity contribution in [1.29, 1.82) is 0 Å². The van der Waals surface area contributed by atoms with Crippen molar-refractivity contribution in [3.63, 3.8) is 0 Å². The first-order chi connectivity index (χ1) is 13.6. The Morgan fingerprint density at radius 2 is 1.75 bits per heavy atom. The number of aryl methyl sites for hydroxylation is 1. The third-order valence-corrected chi connectivity index (χ3v) is 4.96. The van der Waals surface area contributed by atoms with Crippen LogP contribution in [0.1, 0.15) is 38.1 Å². The molecule has 1 aromatic heterocycles. The first-order valence-electron chi connectivity index (χ1n) is 8.81. The standard InChI is InChI=1S/C22H19NO4S/c1-2-15-7-5-8-16(13-15)23-20(24)14-27-22(26)18-10-4-3-9-17(18)21(25)19-11-6-12-28-19/h3-13H,2,14H2,1H3,(H,23,24). The molecular formula is C22H19NO4S. The van der Waals surface area contributed by atoms with Crippen LogP contribution in [-0.4, -0.2) is 24.3 Å². The van der Waals surface area contributed by atoms with Gasteiger partial charge in [-0.2, -0.15) is 0 Å². The minimum atomic E-state index is -0.710. The van der Waals surface area contributed by atoms with Gasteiger partial charge in [-0.3, -0.25) is 9.59 Å². The lowest BCUT2D eigenvalue weighted by Gasteiger charge is -2.09. The SMILES string of the molecule is CCc1cccc(NC(=O)COC(=O)c2ccccc2C(=O)c2cccs2)c1. The fourth-order valence-electron chi connectivity index (χ4n) is 2.67. The Balaban J connectivity index is 1.65. The molecule has 142 valence electrons. The number of rotatable bonds is 7. The summed E-state index contributed by atoms with van der Waals surface area (Å²) in [6.45, 7) is 1.59. The molecule has 3 aromatic rings. The number of hydrogen-bond acceptors (Lipinski definition) is 5. The van der Waals surface area contributed by atoms with Crippen molar-refractivity contribution in [1.82, 2.24) is 0 Å². The summed E-state index contributed by atoms with van der Waals surface area (Å²) < 4.78 is 5.13. The van der Waals surface area contributed by atoms with E-state index in [1.54, 1.807) is 41.8 Å².